The van der Waals surface area contributed by atoms with Crippen molar-refractivity contribution >= 4 is 11.6 Å². The summed E-state index contributed by atoms with van der Waals surface area (Å²) in [5, 5.41) is 7.30. The number of aromatic nitrogens is 3. The minimum atomic E-state index is -0.181. The van der Waals surface area contributed by atoms with E-state index in [9.17, 15) is 4.79 Å². The van der Waals surface area contributed by atoms with Crippen LogP contribution in [0, 0.1) is 20.8 Å². The van der Waals surface area contributed by atoms with Crippen LogP contribution in [0.3, 0.4) is 0 Å². The van der Waals surface area contributed by atoms with Crippen molar-refractivity contribution in [3.05, 3.63) is 28.7 Å². The number of nitrogens with one attached hydrogen (secondary N) is 1. The number of ether oxygens (including phenoxy) is 2. The van der Waals surface area contributed by atoms with Gasteiger partial charge in [0, 0.05) is 17.9 Å². The third-order valence-electron chi connectivity index (χ3n) is 3.67. The van der Waals surface area contributed by atoms with Crippen molar-refractivity contribution in [2.45, 2.75) is 26.9 Å². The van der Waals surface area contributed by atoms with E-state index in [1.807, 2.05) is 26.8 Å². The Hall–Kier alpha value is -1.99. The molecular formula is C15H20N4O3. The predicted molar refractivity (Wildman–Crippen MR) is 80.1 cm³/mol. The maximum atomic E-state index is 12.5. The first-order chi connectivity index (χ1) is 10.6. The quantitative estimate of drug-likeness (QED) is 0.907. The van der Waals surface area contributed by atoms with Crippen molar-refractivity contribution in [3.8, 4) is 0 Å². The Balaban J connectivity index is 1.82. The minimum Gasteiger partial charge on any atom is -0.376 e. The molecule has 1 amide bonds. The lowest BCUT2D eigenvalue weighted by atomic mass is 10.2. The summed E-state index contributed by atoms with van der Waals surface area (Å²) in [4.78, 5) is 17.0. The lowest BCUT2D eigenvalue weighted by Gasteiger charge is -2.23. The van der Waals surface area contributed by atoms with E-state index in [0.717, 1.165) is 11.4 Å². The molecule has 118 valence electrons. The summed E-state index contributed by atoms with van der Waals surface area (Å²) in [7, 11) is 0. The topological polar surface area (TPSA) is 77.8 Å². The molecule has 0 aromatic carbocycles. The highest BCUT2D eigenvalue weighted by atomic mass is 16.6. The summed E-state index contributed by atoms with van der Waals surface area (Å²) in [5.41, 5.74) is 3.59. The maximum absolute atomic E-state index is 12.5. The first kappa shape index (κ1) is 14.9. The summed E-state index contributed by atoms with van der Waals surface area (Å²) in [6.45, 7) is 7.77. The Bertz CT molecular complexity index is 704. The van der Waals surface area contributed by atoms with Gasteiger partial charge in [-0.1, -0.05) is 0 Å². The summed E-state index contributed by atoms with van der Waals surface area (Å²) in [6, 6.07) is 1.94. The summed E-state index contributed by atoms with van der Waals surface area (Å²) >= 11 is 0. The van der Waals surface area contributed by atoms with Gasteiger partial charge in [-0.05, 0) is 26.8 Å². The van der Waals surface area contributed by atoms with E-state index >= 15 is 0 Å². The Morgan fingerprint density at radius 3 is 2.95 bits per heavy atom. The third-order valence-corrected chi connectivity index (χ3v) is 3.67. The predicted octanol–water partition coefficient (Wildman–Crippen LogP) is 0.800. The summed E-state index contributed by atoms with van der Waals surface area (Å²) in [5.74, 6) is -0.181. The van der Waals surface area contributed by atoms with Crippen molar-refractivity contribution in [1.82, 2.24) is 19.9 Å². The highest BCUT2D eigenvalue weighted by Gasteiger charge is 2.21. The number of amides is 1. The molecule has 1 aliphatic rings. The minimum absolute atomic E-state index is 0.101. The number of fused-ring (bicyclic) bond motifs is 1. The van der Waals surface area contributed by atoms with Gasteiger partial charge in [-0.25, -0.2) is 9.50 Å². The zero-order valence-electron chi connectivity index (χ0n) is 13.0. The smallest absolute Gasteiger partial charge is 0.257 e. The summed E-state index contributed by atoms with van der Waals surface area (Å²) < 4.78 is 12.6. The second kappa shape index (κ2) is 6.02. The monoisotopic (exact) mass is 304 g/mol. The number of aryl methyl sites for hydroxylation is 3. The number of carbonyl (C=O) groups excluding carboxylic acids is 1. The van der Waals surface area contributed by atoms with Gasteiger partial charge < -0.3 is 14.8 Å². The Labute approximate surface area is 128 Å². The van der Waals surface area contributed by atoms with Crippen LogP contribution >= 0.6 is 0 Å². The van der Waals surface area contributed by atoms with Crippen LogP contribution in [0.4, 0.5) is 0 Å². The van der Waals surface area contributed by atoms with Gasteiger partial charge >= 0.3 is 0 Å². The van der Waals surface area contributed by atoms with Gasteiger partial charge in [0.05, 0.1) is 31.6 Å². The molecule has 1 saturated heterocycles. The molecule has 1 N–H and O–H groups in total. The van der Waals surface area contributed by atoms with E-state index in [2.05, 4.69) is 15.4 Å². The van der Waals surface area contributed by atoms with Crippen LogP contribution in [0.5, 0.6) is 0 Å². The SMILES string of the molecule is Cc1cc(C)n2nc(C)c(C(=O)NC[C@H]3COCCO3)c2n1. The molecule has 0 spiro atoms. The fourth-order valence-corrected chi connectivity index (χ4v) is 2.64. The largest absolute Gasteiger partial charge is 0.376 e. The molecule has 0 bridgehead atoms. The van der Waals surface area contributed by atoms with Crippen LogP contribution in [0.25, 0.3) is 5.65 Å². The molecule has 7 heteroatoms. The molecule has 3 rings (SSSR count). The van der Waals surface area contributed by atoms with Crippen LogP contribution in [-0.4, -0.2) is 53.0 Å². The average molecular weight is 304 g/mol. The molecule has 1 atom stereocenters. The highest BCUT2D eigenvalue weighted by molar-refractivity contribution is 6.01. The fourth-order valence-electron chi connectivity index (χ4n) is 2.64. The lowest BCUT2D eigenvalue weighted by molar-refractivity contribution is -0.0855. The second-order valence-corrected chi connectivity index (χ2v) is 5.51. The van der Waals surface area contributed by atoms with Crippen molar-refractivity contribution in [2.24, 2.45) is 0 Å². The van der Waals surface area contributed by atoms with Gasteiger partial charge in [0.1, 0.15) is 5.56 Å². The molecular weight excluding hydrogens is 284 g/mol. The second-order valence-electron chi connectivity index (χ2n) is 5.51. The first-order valence-corrected chi connectivity index (χ1v) is 7.37. The average Bonchev–Trinajstić information content (AvgIpc) is 2.82. The zero-order valence-corrected chi connectivity index (χ0v) is 13.0. The molecule has 0 radical (unpaired) electrons. The molecule has 0 saturated carbocycles. The molecule has 22 heavy (non-hydrogen) atoms. The molecule has 3 heterocycles. The normalized spacial score (nSPS) is 18.6. The first-order valence-electron chi connectivity index (χ1n) is 7.37. The van der Waals surface area contributed by atoms with Crippen LogP contribution in [0.15, 0.2) is 6.07 Å². The van der Waals surface area contributed by atoms with Gasteiger partial charge in [0.15, 0.2) is 5.65 Å². The Kier molecular flexibility index (Phi) is 4.08. The van der Waals surface area contributed by atoms with Gasteiger partial charge in [0.2, 0.25) is 0 Å². The fraction of sp³-hybridized carbons (Fsp3) is 0.533. The third kappa shape index (κ3) is 2.82. The van der Waals surface area contributed by atoms with Crippen LogP contribution in [-0.2, 0) is 9.47 Å². The number of hydrogen-bond acceptors (Lipinski definition) is 5. The number of nitrogens with zero attached hydrogens (tertiary/aromatic N) is 3. The molecule has 1 aliphatic heterocycles. The van der Waals surface area contributed by atoms with E-state index < -0.39 is 0 Å². The van der Waals surface area contributed by atoms with Gasteiger partial charge in [-0.2, -0.15) is 5.10 Å². The Morgan fingerprint density at radius 1 is 1.41 bits per heavy atom. The number of carbonyl (C=O) groups is 1. The number of hydrogen-bond donors (Lipinski definition) is 1. The van der Waals surface area contributed by atoms with Crippen molar-refractivity contribution < 1.29 is 14.3 Å². The van der Waals surface area contributed by atoms with Crippen molar-refractivity contribution in [1.29, 1.82) is 0 Å². The molecule has 7 nitrogen and oxygen atoms in total. The van der Waals surface area contributed by atoms with E-state index in [4.69, 9.17) is 9.47 Å². The van der Waals surface area contributed by atoms with Gasteiger partial charge in [-0.15, -0.1) is 0 Å². The van der Waals surface area contributed by atoms with Crippen molar-refractivity contribution in [2.75, 3.05) is 26.4 Å². The van der Waals surface area contributed by atoms with Crippen molar-refractivity contribution in [3.63, 3.8) is 0 Å². The molecule has 0 aliphatic carbocycles. The van der Waals surface area contributed by atoms with E-state index in [1.165, 1.54) is 0 Å². The lowest BCUT2D eigenvalue weighted by Crippen LogP contribution is -2.39. The van der Waals surface area contributed by atoms with Crippen LogP contribution in [0.2, 0.25) is 0 Å². The van der Waals surface area contributed by atoms with E-state index in [0.29, 0.717) is 43.3 Å². The molecule has 2 aromatic rings. The standard InChI is InChI=1S/C15H20N4O3/c1-9-6-10(2)19-14(17-9)13(11(3)18-19)15(20)16-7-12-8-21-4-5-22-12/h6,12H,4-5,7-8H2,1-3H3,(H,16,20)/t12-/m0/s1. The van der Waals surface area contributed by atoms with Crippen LogP contribution < -0.4 is 5.32 Å². The highest BCUT2D eigenvalue weighted by Crippen LogP contribution is 2.16. The van der Waals surface area contributed by atoms with Crippen LogP contribution in [0.1, 0.15) is 27.4 Å². The Morgan fingerprint density at radius 2 is 2.23 bits per heavy atom. The van der Waals surface area contributed by atoms with Gasteiger partial charge in [0.25, 0.3) is 5.91 Å². The molecule has 0 unspecified atom stereocenters. The van der Waals surface area contributed by atoms with E-state index in [-0.39, 0.29) is 12.0 Å². The summed E-state index contributed by atoms with van der Waals surface area (Å²) in [6.07, 6.45) is -0.101. The van der Waals surface area contributed by atoms with E-state index in [1.54, 1.807) is 4.52 Å². The van der Waals surface area contributed by atoms with Gasteiger partial charge in [-0.3, -0.25) is 4.79 Å². The molecule has 2 aromatic heterocycles. The maximum Gasteiger partial charge on any atom is 0.257 e. The number of rotatable bonds is 3. The molecule has 1 fully saturated rings. The zero-order chi connectivity index (χ0) is 15.7.